The Kier molecular flexibility index (Phi) is 9.78. The SMILES string of the molecule is CC(C)c1ccc(C(Oc2ccc(-c3c(-c4ccncc4)nn4c3C(=O)NCC4)cc2)C(=O)NCCO[Si](C)(C)C(C)(C)C)cc1. The molecule has 9 nitrogen and oxygen atoms in total. The van der Waals surface area contributed by atoms with E-state index in [1.165, 1.54) is 5.56 Å². The molecule has 0 spiro atoms. The second-order valence-electron chi connectivity index (χ2n) is 13.5. The molecule has 1 atom stereocenters. The Balaban J connectivity index is 1.39. The number of amides is 2. The lowest BCUT2D eigenvalue weighted by Crippen LogP contribution is -2.43. The van der Waals surface area contributed by atoms with Gasteiger partial charge in [0.15, 0.2) is 8.32 Å². The van der Waals surface area contributed by atoms with Crippen LogP contribution in [0.5, 0.6) is 5.75 Å². The number of rotatable bonds is 11. The normalized spacial score (nSPS) is 14.0. The second-order valence-corrected chi connectivity index (χ2v) is 18.3. The van der Waals surface area contributed by atoms with Crippen LogP contribution >= 0.6 is 0 Å². The Morgan fingerprint density at radius 3 is 2.26 bits per heavy atom. The molecular formula is C36H45N5O4Si. The van der Waals surface area contributed by atoms with Crippen LogP contribution in [0.2, 0.25) is 18.1 Å². The molecule has 242 valence electrons. The molecule has 46 heavy (non-hydrogen) atoms. The van der Waals surface area contributed by atoms with Gasteiger partial charge in [0.05, 0.1) is 13.2 Å². The minimum atomic E-state index is -1.93. The minimum Gasteiger partial charge on any atom is -0.476 e. The van der Waals surface area contributed by atoms with Crippen LogP contribution in [0.1, 0.15) is 68.3 Å². The Labute approximate surface area is 272 Å². The Hall–Kier alpha value is -4.28. The first-order valence-electron chi connectivity index (χ1n) is 15.9. The summed E-state index contributed by atoms with van der Waals surface area (Å²) in [7, 11) is -1.93. The molecule has 2 aromatic carbocycles. The largest absolute Gasteiger partial charge is 0.476 e. The number of pyridine rings is 1. The Morgan fingerprint density at radius 2 is 1.63 bits per heavy atom. The van der Waals surface area contributed by atoms with Crippen LogP contribution in [0.25, 0.3) is 22.4 Å². The van der Waals surface area contributed by atoms with Crippen LogP contribution in [-0.2, 0) is 15.8 Å². The van der Waals surface area contributed by atoms with E-state index in [0.717, 1.165) is 22.3 Å². The van der Waals surface area contributed by atoms with E-state index in [-0.39, 0.29) is 16.9 Å². The number of aromatic nitrogens is 3. The van der Waals surface area contributed by atoms with Gasteiger partial charge < -0.3 is 19.8 Å². The number of fused-ring (bicyclic) bond motifs is 1. The Morgan fingerprint density at radius 1 is 0.978 bits per heavy atom. The summed E-state index contributed by atoms with van der Waals surface area (Å²) in [6, 6.07) is 19.3. The fourth-order valence-electron chi connectivity index (χ4n) is 5.15. The lowest BCUT2D eigenvalue weighted by atomic mass is 9.98. The summed E-state index contributed by atoms with van der Waals surface area (Å²) in [6.45, 7) is 17.2. The van der Waals surface area contributed by atoms with Gasteiger partial charge in [-0.3, -0.25) is 19.3 Å². The maximum Gasteiger partial charge on any atom is 0.270 e. The number of nitrogens with one attached hydrogen (secondary N) is 2. The number of ether oxygens (including phenoxy) is 1. The first-order valence-corrected chi connectivity index (χ1v) is 18.8. The topological polar surface area (TPSA) is 107 Å². The van der Waals surface area contributed by atoms with Crippen molar-refractivity contribution in [3.63, 3.8) is 0 Å². The summed E-state index contributed by atoms with van der Waals surface area (Å²) >= 11 is 0. The summed E-state index contributed by atoms with van der Waals surface area (Å²) < 4.78 is 14.4. The number of benzene rings is 2. The maximum atomic E-state index is 13.6. The molecule has 2 amide bonds. The first-order chi connectivity index (χ1) is 21.9. The molecular weight excluding hydrogens is 595 g/mol. The van der Waals surface area contributed by atoms with Gasteiger partial charge in [-0.2, -0.15) is 5.10 Å². The third kappa shape index (κ3) is 7.23. The van der Waals surface area contributed by atoms with Crippen LogP contribution in [0, 0.1) is 0 Å². The predicted molar refractivity (Wildman–Crippen MR) is 183 cm³/mol. The van der Waals surface area contributed by atoms with Gasteiger partial charge in [-0.05, 0) is 59.4 Å². The molecule has 0 saturated carbocycles. The van der Waals surface area contributed by atoms with Gasteiger partial charge in [0, 0.05) is 42.2 Å². The average molecular weight is 640 g/mol. The fourth-order valence-corrected chi connectivity index (χ4v) is 6.20. The number of carbonyl (C=O) groups excluding carboxylic acids is 2. The van der Waals surface area contributed by atoms with E-state index in [1.807, 2.05) is 60.7 Å². The fraction of sp³-hybridized carbons (Fsp3) is 0.389. The van der Waals surface area contributed by atoms with Gasteiger partial charge in [0.25, 0.3) is 11.8 Å². The average Bonchev–Trinajstić information content (AvgIpc) is 3.43. The van der Waals surface area contributed by atoms with E-state index < -0.39 is 14.4 Å². The van der Waals surface area contributed by atoms with Crippen LogP contribution in [0.4, 0.5) is 0 Å². The highest BCUT2D eigenvalue weighted by atomic mass is 28.4. The first kappa shape index (κ1) is 33.1. The van der Waals surface area contributed by atoms with Gasteiger partial charge in [0.2, 0.25) is 6.10 Å². The van der Waals surface area contributed by atoms with Gasteiger partial charge in [-0.15, -0.1) is 0 Å². The quantitative estimate of drug-likeness (QED) is 0.139. The van der Waals surface area contributed by atoms with E-state index in [0.29, 0.717) is 49.3 Å². The molecule has 0 fully saturated rings. The highest BCUT2D eigenvalue weighted by molar-refractivity contribution is 6.74. The van der Waals surface area contributed by atoms with Gasteiger partial charge in [-0.1, -0.05) is 71.0 Å². The zero-order valence-electron chi connectivity index (χ0n) is 27.9. The summed E-state index contributed by atoms with van der Waals surface area (Å²) in [6.07, 6.45) is 2.57. The van der Waals surface area contributed by atoms with Crippen molar-refractivity contribution in [1.82, 2.24) is 25.4 Å². The lowest BCUT2D eigenvalue weighted by Gasteiger charge is -2.36. The zero-order valence-corrected chi connectivity index (χ0v) is 28.9. The molecule has 5 rings (SSSR count). The molecule has 3 heterocycles. The van der Waals surface area contributed by atoms with E-state index in [9.17, 15) is 9.59 Å². The van der Waals surface area contributed by atoms with Crippen LogP contribution < -0.4 is 15.4 Å². The van der Waals surface area contributed by atoms with Crippen molar-refractivity contribution in [3.05, 3.63) is 89.9 Å². The molecule has 0 saturated heterocycles. The van der Waals surface area contributed by atoms with Crippen molar-refractivity contribution in [3.8, 4) is 28.1 Å². The highest BCUT2D eigenvalue weighted by Gasteiger charge is 2.37. The van der Waals surface area contributed by atoms with Crippen molar-refractivity contribution in [2.24, 2.45) is 0 Å². The molecule has 1 aliphatic heterocycles. The minimum absolute atomic E-state index is 0.0895. The smallest absolute Gasteiger partial charge is 0.270 e. The monoisotopic (exact) mass is 639 g/mol. The van der Waals surface area contributed by atoms with Crippen molar-refractivity contribution in [2.75, 3.05) is 19.7 Å². The van der Waals surface area contributed by atoms with Crippen molar-refractivity contribution in [1.29, 1.82) is 0 Å². The molecule has 1 aliphatic rings. The van der Waals surface area contributed by atoms with Crippen molar-refractivity contribution in [2.45, 2.75) is 71.3 Å². The van der Waals surface area contributed by atoms with Gasteiger partial charge in [0.1, 0.15) is 17.1 Å². The summed E-state index contributed by atoms with van der Waals surface area (Å²) in [5, 5.41) is 10.9. The predicted octanol–water partition coefficient (Wildman–Crippen LogP) is 6.74. The summed E-state index contributed by atoms with van der Waals surface area (Å²) in [5.74, 6) is 0.511. The number of hydrogen-bond donors (Lipinski definition) is 2. The molecule has 0 aliphatic carbocycles. The molecule has 2 aromatic heterocycles. The number of nitrogens with zero attached hydrogens (tertiary/aromatic N) is 3. The molecule has 2 N–H and O–H groups in total. The summed E-state index contributed by atoms with van der Waals surface area (Å²) in [4.78, 5) is 30.7. The molecule has 10 heteroatoms. The number of carbonyl (C=O) groups is 2. The highest BCUT2D eigenvalue weighted by Crippen LogP contribution is 2.37. The van der Waals surface area contributed by atoms with E-state index in [4.69, 9.17) is 14.3 Å². The summed E-state index contributed by atoms with van der Waals surface area (Å²) in [5.41, 5.74) is 5.63. The lowest BCUT2D eigenvalue weighted by molar-refractivity contribution is -0.128. The van der Waals surface area contributed by atoms with Crippen LogP contribution in [-0.4, -0.2) is 54.6 Å². The third-order valence-corrected chi connectivity index (χ3v) is 13.5. The standard InChI is InChI=1S/C36H45N5O4Si/c1-24(2)25-8-10-28(11-9-25)33(35(43)39-21-23-44-46(6,7)36(3,4)5)45-29-14-12-26(13-15-29)30-31(27-16-18-37-19-17-27)40-41-22-20-38-34(42)32(30)41/h8-19,24,33H,20-23H2,1-7H3,(H,38,42)(H,39,43). The van der Waals surface area contributed by atoms with E-state index in [1.54, 1.807) is 17.1 Å². The third-order valence-electron chi connectivity index (χ3n) is 8.94. The van der Waals surface area contributed by atoms with Crippen LogP contribution in [0.3, 0.4) is 0 Å². The van der Waals surface area contributed by atoms with Gasteiger partial charge >= 0.3 is 0 Å². The van der Waals surface area contributed by atoms with Gasteiger partial charge in [-0.25, -0.2) is 0 Å². The van der Waals surface area contributed by atoms with E-state index >= 15 is 0 Å². The van der Waals surface area contributed by atoms with Crippen molar-refractivity contribution < 1.29 is 18.8 Å². The molecule has 0 bridgehead atoms. The molecule has 0 radical (unpaired) electrons. The Bertz CT molecular complexity index is 1660. The zero-order chi connectivity index (χ0) is 33.1. The second kappa shape index (κ2) is 13.6. The van der Waals surface area contributed by atoms with Crippen molar-refractivity contribution >= 4 is 20.1 Å². The maximum absolute atomic E-state index is 13.6. The molecule has 1 unspecified atom stereocenters. The molecule has 4 aromatic rings. The van der Waals surface area contributed by atoms with E-state index in [2.05, 4.69) is 63.3 Å². The number of hydrogen-bond acceptors (Lipinski definition) is 6. The van der Waals surface area contributed by atoms with Crippen LogP contribution in [0.15, 0.2) is 73.1 Å².